The minimum atomic E-state index is -0.195. The lowest BCUT2D eigenvalue weighted by molar-refractivity contribution is 0.0953. The fourth-order valence-corrected chi connectivity index (χ4v) is 2.77. The quantitative estimate of drug-likeness (QED) is 0.513. The standard InChI is InChI=1S/C21H24N4O4/c1-27-19-11-14(13-22)3-5-17(19)29-18-6-4-15(12-20(18)28-2)21(26)23-9-7-16-8-10-24-25-16/h3-6,8,10-12H,7,9,13,22H2,1-2H3,(H,23,26)(H,24,25). The largest absolute Gasteiger partial charge is 0.493 e. The van der Waals surface area contributed by atoms with Gasteiger partial charge in [-0.3, -0.25) is 9.89 Å². The van der Waals surface area contributed by atoms with E-state index in [1.165, 1.54) is 7.11 Å². The van der Waals surface area contributed by atoms with E-state index in [1.54, 1.807) is 37.6 Å². The topological polar surface area (TPSA) is 111 Å². The summed E-state index contributed by atoms with van der Waals surface area (Å²) in [5.74, 6) is 1.81. The van der Waals surface area contributed by atoms with Gasteiger partial charge in [0.1, 0.15) is 0 Å². The highest BCUT2D eigenvalue weighted by atomic mass is 16.5. The highest BCUT2D eigenvalue weighted by molar-refractivity contribution is 5.94. The van der Waals surface area contributed by atoms with Crippen molar-refractivity contribution < 1.29 is 19.0 Å². The molecule has 8 nitrogen and oxygen atoms in total. The summed E-state index contributed by atoms with van der Waals surface area (Å²) >= 11 is 0. The summed E-state index contributed by atoms with van der Waals surface area (Å²) in [4.78, 5) is 12.4. The molecule has 0 aliphatic rings. The summed E-state index contributed by atoms with van der Waals surface area (Å²) in [5, 5.41) is 9.62. The van der Waals surface area contributed by atoms with Gasteiger partial charge in [0, 0.05) is 37.0 Å². The lowest BCUT2D eigenvalue weighted by Crippen LogP contribution is -2.25. The highest BCUT2D eigenvalue weighted by Gasteiger charge is 2.14. The van der Waals surface area contributed by atoms with Crippen LogP contribution in [0.5, 0.6) is 23.0 Å². The van der Waals surface area contributed by atoms with E-state index >= 15 is 0 Å². The minimum absolute atomic E-state index is 0.195. The van der Waals surface area contributed by atoms with E-state index in [1.807, 2.05) is 18.2 Å². The van der Waals surface area contributed by atoms with Gasteiger partial charge in [-0.1, -0.05) is 6.07 Å². The van der Waals surface area contributed by atoms with Gasteiger partial charge in [0.15, 0.2) is 23.0 Å². The fourth-order valence-electron chi connectivity index (χ4n) is 2.77. The van der Waals surface area contributed by atoms with Crippen LogP contribution in [0.15, 0.2) is 48.7 Å². The van der Waals surface area contributed by atoms with E-state index in [0.717, 1.165) is 11.3 Å². The molecule has 3 rings (SSSR count). The Morgan fingerprint density at radius 2 is 1.76 bits per heavy atom. The smallest absolute Gasteiger partial charge is 0.251 e. The number of aromatic nitrogens is 2. The van der Waals surface area contributed by atoms with Gasteiger partial charge >= 0.3 is 0 Å². The molecule has 3 aromatic rings. The number of hydrogen-bond acceptors (Lipinski definition) is 6. The average molecular weight is 396 g/mol. The van der Waals surface area contributed by atoms with E-state index in [-0.39, 0.29) is 5.91 Å². The molecular formula is C21H24N4O4. The zero-order valence-electron chi connectivity index (χ0n) is 16.4. The van der Waals surface area contributed by atoms with Gasteiger partial charge in [-0.25, -0.2) is 0 Å². The van der Waals surface area contributed by atoms with Crippen molar-refractivity contribution in [1.29, 1.82) is 0 Å². The number of carbonyl (C=O) groups excluding carboxylic acids is 1. The third-order valence-electron chi connectivity index (χ3n) is 4.35. The van der Waals surface area contributed by atoms with Crippen molar-refractivity contribution >= 4 is 5.91 Å². The zero-order chi connectivity index (χ0) is 20.6. The molecule has 29 heavy (non-hydrogen) atoms. The Bertz CT molecular complexity index is 957. The first-order chi connectivity index (χ1) is 14.1. The van der Waals surface area contributed by atoms with Gasteiger partial charge < -0.3 is 25.3 Å². The number of H-pyrrole nitrogens is 1. The molecule has 0 spiro atoms. The molecule has 152 valence electrons. The second-order valence-corrected chi connectivity index (χ2v) is 6.24. The predicted molar refractivity (Wildman–Crippen MR) is 109 cm³/mol. The average Bonchev–Trinajstić information content (AvgIpc) is 3.27. The number of benzene rings is 2. The van der Waals surface area contributed by atoms with Crippen molar-refractivity contribution in [2.45, 2.75) is 13.0 Å². The van der Waals surface area contributed by atoms with Crippen molar-refractivity contribution in [3.63, 3.8) is 0 Å². The van der Waals surface area contributed by atoms with Crippen LogP contribution >= 0.6 is 0 Å². The number of methoxy groups -OCH3 is 2. The molecule has 0 bridgehead atoms. The van der Waals surface area contributed by atoms with Crippen LogP contribution in [0.2, 0.25) is 0 Å². The van der Waals surface area contributed by atoms with Gasteiger partial charge in [0.2, 0.25) is 0 Å². The predicted octanol–water partition coefficient (Wildman–Crippen LogP) is 2.65. The molecule has 0 unspecified atom stereocenters. The van der Waals surface area contributed by atoms with Gasteiger partial charge in [-0.2, -0.15) is 5.10 Å². The van der Waals surface area contributed by atoms with Gasteiger partial charge in [-0.05, 0) is 42.0 Å². The molecule has 0 aliphatic carbocycles. The number of nitrogens with two attached hydrogens (primary N) is 1. The van der Waals surface area contributed by atoms with Crippen LogP contribution in [0.25, 0.3) is 0 Å². The second-order valence-electron chi connectivity index (χ2n) is 6.24. The Morgan fingerprint density at radius 3 is 2.41 bits per heavy atom. The van der Waals surface area contributed by atoms with Crippen LogP contribution in [0.3, 0.4) is 0 Å². The van der Waals surface area contributed by atoms with Crippen molar-refractivity contribution in [2.75, 3.05) is 20.8 Å². The van der Waals surface area contributed by atoms with E-state index in [4.69, 9.17) is 19.9 Å². The molecule has 0 saturated heterocycles. The lowest BCUT2D eigenvalue weighted by Gasteiger charge is -2.14. The van der Waals surface area contributed by atoms with Crippen LogP contribution in [0, 0.1) is 0 Å². The molecule has 0 fully saturated rings. The molecule has 0 saturated carbocycles. The third-order valence-corrected chi connectivity index (χ3v) is 4.35. The molecule has 0 atom stereocenters. The highest BCUT2D eigenvalue weighted by Crippen LogP contribution is 2.37. The van der Waals surface area contributed by atoms with E-state index in [9.17, 15) is 4.79 Å². The fraction of sp³-hybridized carbons (Fsp3) is 0.238. The summed E-state index contributed by atoms with van der Waals surface area (Å²) in [6, 6.07) is 12.4. The molecule has 0 aliphatic heterocycles. The number of amides is 1. The number of nitrogens with zero attached hydrogens (tertiary/aromatic N) is 1. The molecule has 1 heterocycles. The molecule has 4 N–H and O–H groups in total. The molecule has 1 amide bonds. The normalized spacial score (nSPS) is 10.4. The van der Waals surface area contributed by atoms with E-state index in [2.05, 4.69) is 15.5 Å². The maximum Gasteiger partial charge on any atom is 0.251 e. The first kappa shape index (κ1) is 20.2. The van der Waals surface area contributed by atoms with Gasteiger partial charge in [0.25, 0.3) is 5.91 Å². The summed E-state index contributed by atoms with van der Waals surface area (Å²) in [6.45, 7) is 0.899. The summed E-state index contributed by atoms with van der Waals surface area (Å²) in [7, 11) is 3.09. The molecule has 8 heteroatoms. The molecule has 2 aromatic carbocycles. The Labute approximate surface area is 169 Å². The first-order valence-electron chi connectivity index (χ1n) is 9.14. The Morgan fingerprint density at radius 1 is 1.03 bits per heavy atom. The molecular weight excluding hydrogens is 372 g/mol. The number of rotatable bonds is 9. The zero-order valence-corrected chi connectivity index (χ0v) is 16.4. The van der Waals surface area contributed by atoms with Gasteiger partial charge in [-0.15, -0.1) is 0 Å². The van der Waals surface area contributed by atoms with Crippen LogP contribution < -0.4 is 25.3 Å². The van der Waals surface area contributed by atoms with Crippen molar-refractivity contribution in [2.24, 2.45) is 5.73 Å². The molecule has 0 radical (unpaired) electrons. The van der Waals surface area contributed by atoms with Crippen LogP contribution in [0.4, 0.5) is 0 Å². The maximum atomic E-state index is 12.4. The van der Waals surface area contributed by atoms with Gasteiger partial charge in [0.05, 0.1) is 14.2 Å². The minimum Gasteiger partial charge on any atom is -0.493 e. The second kappa shape index (κ2) is 9.61. The number of nitrogens with one attached hydrogen (secondary N) is 2. The van der Waals surface area contributed by atoms with Crippen molar-refractivity contribution in [3.8, 4) is 23.0 Å². The first-order valence-corrected chi connectivity index (χ1v) is 9.14. The van der Waals surface area contributed by atoms with Crippen LogP contribution in [-0.2, 0) is 13.0 Å². The monoisotopic (exact) mass is 396 g/mol. The summed E-state index contributed by atoms with van der Waals surface area (Å²) in [5.41, 5.74) is 8.04. The van der Waals surface area contributed by atoms with E-state index < -0.39 is 0 Å². The SMILES string of the molecule is COc1cc(CN)ccc1Oc1ccc(C(=O)NCCc2ccn[nH]2)cc1OC. The van der Waals surface area contributed by atoms with Crippen molar-refractivity contribution in [1.82, 2.24) is 15.5 Å². The number of hydrogen-bond donors (Lipinski definition) is 3. The number of carbonyl (C=O) groups is 1. The Kier molecular flexibility index (Phi) is 6.70. The van der Waals surface area contributed by atoms with E-state index in [0.29, 0.717) is 48.1 Å². The molecule has 1 aromatic heterocycles. The summed E-state index contributed by atoms with van der Waals surface area (Å²) < 4.78 is 16.7. The van der Waals surface area contributed by atoms with Crippen molar-refractivity contribution in [3.05, 3.63) is 65.5 Å². The number of ether oxygens (including phenoxy) is 3. The summed E-state index contributed by atoms with van der Waals surface area (Å²) in [6.07, 6.45) is 2.35. The lowest BCUT2D eigenvalue weighted by atomic mass is 10.1. The maximum absolute atomic E-state index is 12.4. The third kappa shape index (κ3) is 5.05. The Hall–Kier alpha value is -3.52. The van der Waals surface area contributed by atoms with Crippen LogP contribution in [-0.4, -0.2) is 36.9 Å². The number of aromatic amines is 1. The van der Waals surface area contributed by atoms with Crippen LogP contribution in [0.1, 0.15) is 21.6 Å². The Balaban J connectivity index is 1.70.